The number of halogens is 12. The predicted molar refractivity (Wildman–Crippen MR) is 134 cm³/mol. The zero-order valence-corrected chi connectivity index (χ0v) is 23.3. The molecule has 0 spiro atoms. The molecule has 2 amide bonds. The second kappa shape index (κ2) is 12.7. The van der Waals surface area contributed by atoms with E-state index in [2.05, 4.69) is 15.0 Å². The van der Waals surface area contributed by atoms with Gasteiger partial charge in [0.05, 0.1) is 35.3 Å². The number of nitrogens with one attached hydrogen (secondary N) is 2. The van der Waals surface area contributed by atoms with Gasteiger partial charge >= 0.3 is 24.7 Å². The van der Waals surface area contributed by atoms with Crippen LogP contribution in [0.2, 0.25) is 0 Å². The number of rotatable bonds is 6. The Hall–Kier alpha value is -4.52. The molecule has 1 aromatic carbocycles. The van der Waals surface area contributed by atoms with Gasteiger partial charge < -0.3 is 15.5 Å². The number of amides is 2. The van der Waals surface area contributed by atoms with E-state index in [-0.39, 0.29) is 35.1 Å². The SMILES string of the molecule is CC.O=C(CNC(=O)c1ccc(C2=NOC(c3cc(C(F)(F)F)cc(C(F)(F)F)c3)(C(F)(F)F)C2)n2ccnc12)NCC(F)(F)F. The molecule has 8 nitrogen and oxygen atoms in total. The Balaban J connectivity index is 0.00000282. The van der Waals surface area contributed by atoms with Crippen molar-refractivity contribution in [2.75, 3.05) is 13.1 Å². The van der Waals surface area contributed by atoms with Crippen LogP contribution >= 0.6 is 0 Å². The molecule has 0 fully saturated rings. The molecule has 0 saturated carbocycles. The summed E-state index contributed by atoms with van der Waals surface area (Å²) in [4.78, 5) is 32.6. The third-order valence-corrected chi connectivity index (χ3v) is 6.22. The number of carbonyl (C=O) groups excluding carboxylic acids is 2. The fourth-order valence-electron chi connectivity index (χ4n) is 4.17. The van der Waals surface area contributed by atoms with E-state index < -0.39 is 84.0 Å². The molecule has 1 atom stereocenters. The summed E-state index contributed by atoms with van der Waals surface area (Å²) in [5, 5.41) is 6.89. The number of pyridine rings is 1. The van der Waals surface area contributed by atoms with E-state index in [1.807, 2.05) is 19.2 Å². The van der Waals surface area contributed by atoms with Crippen molar-refractivity contribution in [1.82, 2.24) is 20.0 Å². The van der Waals surface area contributed by atoms with E-state index >= 15 is 0 Å². The van der Waals surface area contributed by atoms with Crippen LogP contribution in [0.1, 0.15) is 53.0 Å². The summed E-state index contributed by atoms with van der Waals surface area (Å²) < 4.78 is 161. The van der Waals surface area contributed by atoms with E-state index in [9.17, 15) is 62.3 Å². The number of benzene rings is 1. The molecule has 0 radical (unpaired) electrons. The standard InChI is InChI=1S/C24H15F12N5O3.C2H6/c25-21(26,27)10-39-17(42)9-38-19(43)14-1-2-16(41-4-3-37-18(14)41)15-8-20(44-40-15,24(34,35)36)11-5-12(22(28,29)30)7-13(6-11)23(31,32)33;1-2/h1-7H,8-10H2,(H,38,43)(H,39,42);1-2H3. The number of fused-ring (bicyclic) bond motifs is 1. The average Bonchev–Trinajstić information content (AvgIpc) is 3.63. The maximum Gasteiger partial charge on any atom is 0.435 e. The minimum atomic E-state index is -5.59. The second-order valence-electron chi connectivity index (χ2n) is 9.25. The molecule has 1 unspecified atom stereocenters. The zero-order chi connectivity index (χ0) is 34.9. The number of carbonyl (C=O) groups is 2. The summed E-state index contributed by atoms with van der Waals surface area (Å²) in [6.07, 6.45) is -20.4. The molecule has 0 aliphatic carbocycles. The van der Waals surface area contributed by atoms with Crippen molar-refractivity contribution in [3.8, 4) is 0 Å². The average molecular weight is 679 g/mol. The highest BCUT2D eigenvalue weighted by Crippen LogP contribution is 2.51. The van der Waals surface area contributed by atoms with Crippen molar-refractivity contribution in [3.63, 3.8) is 0 Å². The predicted octanol–water partition coefficient (Wildman–Crippen LogP) is 6.39. The van der Waals surface area contributed by atoms with Crippen molar-refractivity contribution < 1.29 is 67.1 Å². The molecule has 252 valence electrons. The molecule has 0 bridgehead atoms. The molecule has 20 heteroatoms. The van der Waals surface area contributed by atoms with Gasteiger partial charge in [0, 0.05) is 18.0 Å². The molecular formula is C26H21F12N5O3. The normalized spacial score (nSPS) is 17.1. The largest absolute Gasteiger partial charge is 0.435 e. The van der Waals surface area contributed by atoms with Crippen LogP contribution in [0, 0.1) is 0 Å². The number of alkyl halides is 12. The molecule has 3 heterocycles. The van der Waals surface area contributed by atoms with Crippen molar-refractivity contribution in [2.24, 2.45) is 5.16 Å². The monoisotopic (exact) mass is 679 g/mol. The summed E-state index contributed by atoms with van der Waals surface area (Å²) >= 11 is 0. The molecule has 2 N–H and O–H groups in total. The van der Waals surface area contributed by atoms with Gasteiger partial charge in [-0.05, 0) is 30.3 Å². The first-order chi connectivity index (χ1) is 21.1. The molecule has 2 aromatic heterocycles. The van der Waals surface area contributed by atoms with Crippen molar-refractivity contribution in [1.29, 1.82) is 0 Å². The quantitative estimate of drug-likeness (QED) is 0.296. The number of nitrogens with zero attached hydrogens (tertiary/aromatic N) is 3. The van der Waals surface area contributed by atoms with Gasteiger partial charge in [-0.1, -0.05) is 19.0 Å². The molecule has 1 aliphatic rings. The number of oxime groups is 1. The van der Waals surface area contributed by atoms with Crippen LogP contribution in [0.25, 0.3) is 5.65 Å². The smallest absolute Gasteiger partial charge is 0.374 e. The number of hydrogen-bond acceptors (Lipinski definition) is 5. The molecule has 0 saturated heterocycles. The number of aromatic nitrogens is 2. The first-order valence-corrected chi connectivity index (χ1v) is 12.8. The Morgan fingerprint density at radius 1 is 0.891 bits per heavy atom. The maximum atomic E-state index is 14.4. The Kier molecular flexibility index (Phi) is 9.93. The van der Waals surface area contributed by atoms with Gasteiger partial charge in [0.15, 0.2) is 0 Å². The van der Waals surface area contributed by atoms with Crippen LogP contribution in [0.4, 0.5) is 52.7 Å². The molecule has 4 rings (SSSR count). The minimum Gasteiger partial charge on any atom is -0.374 e. The van der Waals surface area contributed by atoms with Crippen LogP contribution in [0.5, 0.6) is 0 Å². The summed E-state index contributed by atoms with van der Waals surface area (Å²) in [7, 11) is 0. The minimum absolute atomic E-state index is 0.119. The van der Waals surface area contributed by atoms with E-state index in [0.717, 1.165) is 28.9 Å². The molecule has 1 aliphatic heterocycles. The lowest BCUT2D eigenvalue weighted by Crippen LogP contribution is -2.43. The summed E-state index contributed by atoms with van der Waals surface area (Å²) in [5.41, 5.74) is -10.8. The van der Waals surface area contributed by atoms with Gasteiger partial charge in [-0.3, -0.25) is 14.0 Å². The van der Waals surface area contributed by atoms with Crippen molar-refractivity contribution in [2.45, 2.75) is 50.6 Å². The Labute approximate surface area is 250 Å². The molecule has 3 aromatic rings. The first kappa shape index (κ1) is 36.0. The third kappa shape index (κ3) is 7.64. The summed E-state index contributed by atoms with van der Waals surface area (Å²) in [5.74, 6) is -2.23. The third-order valence-electron chi connectivity index (χ3n) is 6.22. The van der Waals surface area contributed by atoms with Gasteiger partial charge in [0.2, 0.25) is 5.91 Å². The van der Waals surface area contributed by atoms with E-state index in [0.29, 0.717) is 0 Å². The van der Waals surface area contributed by atoms with E-state index in [1.165, 1.54) is 5.32 Å². The van der Waals surface area contributed by atoms with Crippen LogP contribution < -0.4 is 10.6 Å². The fraction of sp³-hybridized carbons (Fsp3) is 0.385. The Bertz CT molecular complexity index is 1590. The zero-order valence-electron chi connectivity index (χ0n) is 23.3. The van der Waals surface area contributed by atoms with Crippen LogP contribution in [0.15, 0.2) is 47.9 Å². The Morgan fingerprint density at radius 3 is 2.00 bits per heavy atom. The van der Waals surface area contributed by atoms with Crippen LogP contribution in [-0.2, 0) is 27.6 Å². The van der Waals surface area contributed by atoms with E-state index in [1.54, 1.807) is 0 Å². The van der Waals surface area contributed by atoms with Gasteiger partial charge in [-0.15, -0.1) is 0 Å². The lowest BCUT2D eigenvalue weighted by molar-refractivity contribution is -0.276. The van der Waals surface area contributed by atoms with Gasteiger partial charge in [-0.2, -0.15) is 52.7 Å². The van der Waals surface area contributed by atoms with E-state index in [4.69, 9.17) is 0 Å². The number of imidazole rings is 1. The van der Waals surface area contributed by atoms with Crippen molar-refractivity contribution >= 4 is 23.2 Å². The van der Waals surface area contributed by atoms with Gasteiger partial charge in [0.25, 0.3) is 11.5 Å². The fourth-order valence-corrected chi connectivity index (χ4v) is 4.17. The van der Waals surface area contributed by atoms with Gasteiger partial charge in [-0.25, -0.2) is 4.98 Å². The topological polar surface area (TPSA) is 97.1 Å². The molecular weight excluding hydrogens is 658 g/mol. The van der Waals surface area contributed by atoms with Crippen molar-refractivity contribution in [3.05, 3.63) is 70.7 Å². The van der Waals surface area contributed by atoms with Crippen LogP contribution in [-0.4, -0.2) is 52.4 Å². The summed E-state index contributed by atoms with van der Waals surface area (Å²) in [6, 6.07) is 1.42. The first-order valence-electron chi connectivity index (χ1n) is 12.8. The second-order valence-corrected chi connectivity index (χ2v) is 9.25. The Morgan fingerprint density at radius 2 is 1.48 bits per heavy atom. The lowest BCUT2D eigenvalue weighted by atomic mass is 9.85. The number of hydrogen-bond donors (Lipinski definition) is 2. The highest BCUT2D eigenvalue weighted by molar-refractivity contribution is 6.05. The van der Waals surface area contributed by atoms with Crippen LogP contribution in [0.3, 0.4) is 0 Å². The summed E-state index contributed by atoms with van der Waals surface area (Å²) in [6.45, 7) is 1.44. The van der Waals surface area contributed by atoms with Gasteiger partial charge in [0.1, 0.15) is 17.9 Å². The lowest BCUT2D eigenvalue weighted by Gasteiger charge is -2.30. The highest BCUT2D eigenvalue weighted by atomic mass is 19.4. The molecule has 46 heavy (non-hydrogen) atoms. The highest BCUT2D eigenvalue weighted by Gasteiger charge is 2.63. The maximum absolute atomic E-state index is 14.4.